The van der Waals surface area contributed by atoms with Crippen LogP contribution in [0, 0.1) is 11.8 Å². The van der Waals surface area contributed by atoms with Crippen LogP contribution in [0.25, 0.3) is 0 Å². The van der Waals surface area contributed by atoms with E-state index in [1.807, 2.05) is 0 Å². The molecule has 0 aliphatic carbocycles. The molecule has 0 saturated heterocycles. The first kappa shape index (κ1) is 52.0. The van der Waals surface area contributed by atoms with Gasteiger partial charge in [-0.25, -0.2) is 0 Å². The van der Waals surface area contributed by atoms with Crippen LogP contribution in [0.3, 0.4) is 0 Å². The van der Waals surface area contributed by atoms with Crippen molar-refractivity contribution in [3.63, 3.8) is 0 Å². The van der Waals surface area contributed by atoms with Crippen molar-refractivity contribution in [2.75, 3.05) is 6.54 Å². The molecule has 1 aromatic carbocycles. The number of aliphatic carboxylic acids is 1. The number of nitrogens with one attached hydrogen (secondary N) is 6. The maximum Gasteiger partial charge on any atom is 0.303 e. The second kappa shape index (κ2) is 25.5. The Morgan fingerprint density at radius 1 is 0.667 bits per heavy atom. The average Bonchev–Trinajstić information content (AvgIpc) is 3.15. The molecule has 1 rings (SSSR count). The fourth-order valence-corrected chi connectivity index (χ4v) is 5.60. The number of aliphatic hydroxyl groups is 1. The zero-order valence-electron chi connectivity index (χ0n) is 34.9. The zero-order chi connectivity index (χ0) is 45.9. The van der Waals surface area contributed by atoms with Crippen LogP contribution in [0.1, 0.15) is 79.2 Å². The first-order valence-corrected chi connectivity index (χ1v) is 19.5. The van der Waals surface area contributed by atoms with Crippen LogP contribution < -0.4 is 54.8 Å². The third-order valence-electron chi connectivity index (χ3n) is 9.03. The fraction of sp³-hybridized carbons (Fsp3) is 0.605. The second-order valence-electron chi connectivity index (χ2n) is 15.3. The molecule has 0 fully saturated rings. The van der Waals surface area contributed by atoms with E-state index in [1.54, 1.807) is 27.7 Å². The number of phenolic OH excluding ortho intramolecular Hbond substituents is 1. The van der Waals surface area contributed by atoms with Crippen LogP contribution >= 0.6 is 0 Å². The Balaban J connectivity index is 3.31. The third-order valence-corrected chi connectivity index (χ3v) is 9.03. The highest BCUT2D eigenvalue weighted by atomic mass is 16.4. The molecule has 22 nitrogen and oxygen atoms in total. The number of hydrogen-bond acceptors (Lipinski definition) is 12. The van der Waals surface area contributed by atoms with Crippen molar-refractivity contribution in [1.82, 2.24) is 31.9 Å². The summed E-state index contributed by atoms with van der Waals surface area (Å²) in [4.78, 5) is 108. The first-order valence-electron chi connectivity index (χ1n) is 19.5. The van der Waals surface area contributed by atoms with E-state index >= 15 is 0 Å². The summed E-state index contributed by atoms with van der Waals surface area (Å²) in [6, 6.07) is -3.56. The highest BCUT2D eigenvalue weighted by molar-refractivity contribution is 5.97. The molecule has 22 heteroatoms. The van der Waals surface area contributed by atoms with Gasteiger partial charge in [0, 0.05) is 19.4 Å². The number of amides is 7. The number of rotatable bonds is 26. The number of aliphatic hydroxyl groups excluding tert-OH is 1. The van der Waals surface area contributed by atoms with Gasteiger partial charge in [0.15, 0.2) is 5.96 Å². The van der Waals surface area contributed by atoms with Crippen molar-refractivity contribution in [2.24, 2.45) is 39.8 Å². The minimum atomic E-state index is -1.69. The molecule has 1 aromatic rings. The van der Waals surface area contributed by atoms with Gasteiger partial charge in [-0.3, -0.25) is 43.3 Å². The SMILES string of the molecule is CC(C)CC(NC(=O)C(CCC(=O)O)NC(=O)C(NC(=O)C(NC(=O)C(Cc1ccc(O)cc1)NC(=O)C(N)CCCN=C(N)N)C(C)O)C(C)C)C(=O)NC(C)C(N)=O. The van der Waals surface area contributed by atoms with Crippen molar-refractivity contribution >= 4 is 53.3 Å². The Morgan fingerprint density at radius 2 is 1.18 bits per heavy atom. The van der Waals surface area contributed by atoms with Gasteiger partial charge in [-0.15, -0.1) is 0 Å². The van der Waals surface area contributed by atoms with Gasteiger partial charge in [0.2, 0.25) is 41.4 Å². The van der Waals surface area contributed by atoms with Crippen LogP contribution in [0.2, 0.25) is 0 Å². The molecule has 0 aromatic heterocycles. The van der Waals surface area contributed by atoms with Crippen LogP contribution in [0.4, 0.5) is 0 Å². The molecule has 0 saturated carbocycles. The highest BCUT2D eigenvalue weighted by Gasteiger charge is 2.36. The molecule has 8 unspecified atom stereocenters. The lowest BCUT2D eigenvalue weighted by Crippen LogP contribution is -2.62. The Morgan fingerprint density at radius 3 is 1.70 bits per heavy atom. The molecular formula is C38H63N11O11. The number of guanidine groups is 1. The van der Waals surface area contributed by atoms with Gasteiger partial charge >= 0.3 is 5.97 Å². The maximum atomic E-state index is 13.7. The Bertz CT molecular complexity index is 1670. The van der Waals surface area contributed by atoms with Crippen LogP contribution in [0.15, 0.2) is 29.3 Å². The van der Waals surface area contributed by atoms with Gasteiger partial charge in [-0.2, -0.15) is 0 Å². The number of hydrogen-bond donors (Lipinski definition) is 13. The molecular weight excluding hydrogens is 786 g/mol. The number of primary amides is 1. The largest absolute Gasteiger partial charge is 0.508 e. The van der Waals surface area contributed by atoms with Crippen molar-refractivity contribution < 1.29 is 53.7 Å². The fourth-order valence-electron chi connectivity index (χ4n) is 5.60. The summed E-state index contributed by atoms with van der Waals surface area (Å²) in [6.45, 7) is 9.41. The molecule has 0 aliphatic rings. The standard InChI is InChI=1S/C38H63N11O11/c1-18(2)16-26(34(57)44-20(5)31(40)54)47-33(56)25(13-14-28(52)53)45-36(59)29(19(3)4)48-37(60)30(21(6)50)49-35(58)27(17-22-9-11-23(51)12-10-22)46-32(55)24(39)8-7-15-43-38(41)42/h9-12,18-21,24-27,29-30,50-51H,7-8,13-17,39H2,1-6H3,(H2,40,54)(H,44,57)(H,45,59)(H,46,55)(H,47,56)(H,48,60)(H,49,58)(H,52,53)(H4,41,42,43). The van der Waals surface area contributed by atoms with Crippen LogP contribution in [-0.4, -0.2) is 124 Å². The molecule has 0 spiro atoms. The van der Waals surface area contributed by atoms with E-state index in [0.29, 0.717) is 12.0 Å². The minimum absolute atomic E-state index is 0.0514. The van der Waals surface area contributed by atoms with Crippen molar-refractivity contribution in [1.29, 1.82) is 0 Å². The summed E-state index contributed by atoms with van der Waals surface area (Å²) in [5.41, 5.74) is 22.5. The lowest BCUT2D eigenvalue weighted by atomic mass is 9.99. The van der Waals surface area contributed by atoms with Gasteiger partial charge < -0.3 is 70.2 Å². The molecule has 8 atom stereocenters. The summed E-state index contributed by atoms with van der Waals surface area (Å²) in [6.07, 6.45) is -2.08. The Labute approximate surface area is 348 Å². The topological polar surface area (TPSA) is 386 Å². The van der Waals surface area contributed by atoms with Gasteiger partial charge in [0.25, 0.3) is 0 Å². The van der Waals surface area contributed by atoms with E-state index in [-0.39, 0.29) is 43.4 Å². The van der Waals surface area contributed by atoms with E-state index in [2.05, 4.69) is 36.9 Å². The number of phenols is 1. The maximum absolute atomic E-state index is 13.7. The lowest BCUT2D eigenvalue weighted by molar-refractivity contribution is -0.139. The van der Waals surface area contributed by atoms with Gasteiger partial charge in [-0.05, 0) is 69.1 Å². The number of carboxylic acids is 1. The number of aliphatic imine (C=N–C) groups is 1. The lowest BCUT2D eigenvalue weighted by Gasteiger charge is -2.29. The number of carboxylic acid groups (broad SMARTS) is 1. The van der Waals surface area contributed by atoms with Gasteiger partial charge in [0.05, 0.1) is 12.1 Å². The van der Waals surface area contributed by atoms with Crippen molar-refractivity contribution in [3.8, 4) is 5.75 Å². The molecule has 7 amide bonds. The molecule has 60 heavy (non-hydrogen) atoms. The van der Waals surface area contributed by atoms with E-state index in [1.165, 1.54) is 38.1 Å². The quantitative estimate of drug-likeness (QED) is 0.0247. The van der Waals surface area contributed by atoms with E-state index in [0.717, 1.165) is 0 Å². The molecule has 0 bridgehead atoms. The van der Waals surface area contributed by atoms with Crippen molar-refractivity contribution in [2.45, 2.75) is 128 Å². The average molecular weight is 850 g/mol. The van der Waals surface area contributed by atoms with Crippen LogP contribution in [0.5, 0.6) is 5.75 Å². The number of aromatic hydroxyl groups is 1. The van der Waals surface area contributed by atoms with Gasteiger partial charge in [-0.1, -0.05) is 39.8 Å². The number of carbonyl (C=O) groups excluding carboxylic acids is 7. The van der Waals surface area contributed by atoms with Crippen LogP contribution in [-0.2, 0) is 44.8 Å². The Kier molecular flexibility index (Phi) is 22.1. The number of benzene rings is 1. The summed E-state index contributed by atoms with van der Waals surface area (Å²) in [7, 11) is 0. The van der Waals surface area contributed by atoms with E-state index in [9.17, 15) is 53.7 Å². The van der Waals surface area contributed by atoms with Gasteiger partial charge in [0.1, 0.15) is 42.0 Å². The molecule has 0 aliphatic heterocycles. The predicted octanol–water partition coefficient (Wildman–Crippen LogP) is -3.32. The number of carbonyl (C=O) groups is 8. The monoisotopic (exact) mass is 849 g/mol. The number of nitrogens with two attached hydrogens (primary N) is 4. The molecule has 0 heterocycles. The summed E-state index contributed by atoms with van der Waals surface area (Å²) >= 11 is 0. The predicted molar refractivity (Wildman–Crippen MR) is 219 cm³/mol. The third kappa shape index (κ3) is 19.1. The number of nitrogens with zero attached hydrogens (tertiary/aromatic N) is 1. The van der Waals surface area contributed by atoms with E-state index in [4.69, 9.17) is 22.9 Å². The zero-order valence-corrected chi connectivity index (χ0v) is 34.9. The minimum Gasteiger partial charge on any atom is -0.508 e. The second-order valence-corrected chi connectivity index (χ2v) is 15.3. The first-order chi connectivity index (χ1) is 27.9. The summed E-state index contributed by atoms with van der Waals surface area (Å²) in [5, 5.41) is 44.6. The van der Waals surface area contributed by atoms with Crippen molar-refractivity contribution in [3.05, 3.63) is 29.8 Å². The normalized spacial score (nSPS) is 15.1. The molecule has 336 valence electrons. The Hall–Kier alpha value is -6.03. The summed E-state index contributed by atoms with van der Waals surface area (Å²) < 4.78 is 0. The smallest absolute Gasteiger partial charge is 0.303 e. The summed E-state index contributed by atoms with van der Waals surface area (Å²) in [5.74, 6) is -8.35. The van der Waals surface area contributed by atoms with E-state index < -0.39 is 114 Å². The molecule has 0 radical (unpaired) electrons. The highest BCUT2D eigenvalue weighted by Crippen LogP contribution is 2.13. The molecule has 17 N–H and O–H groups in total.